The highest BCUT2D eigenvalue weighted by molar-refractivity contribution is 6.69. The van der Waals surface area contributed by atoms with Gasteiger partial charge < -0.3 is 0 Å². The Bertz CT molecular complexity index is 989. The maximum absolute atomic E-state index is 11.4. The van der Waals surface area contributed by atoms with Crippen molar-refractivity contribution < 1.29 is 9.59 Å². The summed E-state index contributed by atoms with van der Waals surface area (Å²) in [6, 6.07) is 18.2. The first kappa shape index (κ1) is 16.3. The van der Waals surface area contributed by atoms with Crippen LogP contribution in [0.5, 0.6) is 0 Å². The summed E-state index contributed by atoms with van der Waals surface area (Å²) in [6.07, 6.45) is 0. The third kappa shape index (κ3) is 3.49. The zero-order valence-electron chi connectivity index (χ0n) is 12.3. The maximum atomic E-state index is 11.4. The molecule has 0 spiro atoms. The first-order valence-corrected chi connectivity index (χ1v) is 7.85. The summed E-state index contributed by atoms with van der Waals surface area (Å²) in [5.41, 5.74) is 1.73. The molecular formula is C20H10Cl2O2. The molecule has 24 heavy (non-hydrogen) atoms. The third-order valence-electron chi connectivity index (χ3n) is 3.52. The Morgan fingerprint density at radius 1 is 0.750 bits per heavy atom. The Morgan fingerprint density at radius 3 is 2.04 bits per heavy atom. The number of hydrogen-bond donors (Lipinski definition) is 0. The van der Waals surface area contributed by atoms with E-state index in [0.29, 0.717) is 5.56 Å². The van der Waals surface area contributed by atoms with Crippen LogP contribution in [0, 0.1) is 11.8 Å². The number of carbonyl (C=O) groups excluding carboxylic acids is 2. The van der Waals surface area contributed by atoms with Gasteiger partial charge in [-0.1, -0.05) is 48.2 Å². The Hall–Kier alpha value is -2.60. The number of carbonyl (C=O) groups is 2. The second-order valence-electron chi connectivity index (χ2n) is 5.12. The van der Waals surface area contributed by atoms with E-state index in [0.717, 1.165) is 16.3 Å². The molecule has 0 heterocycles. The van der Waals surface area contributed by atoms with Crippen molar-refractivity contribution in [2.24, 2.45) is 0 Å². The minimum atomic E-state index is -0.664. The molecule has 3 aromatic carbocycles. The van der Waals surface area contributed by atoms with Crippen molar-refractivity contribution in [3.63, 3.8) is 0 Å². The molecule has 4 heteroatoms. The number of halogens is 2. The summed E-state index contributed by atoms with van der Waals surface area (Å²) in [7, 11) is 0. The van der Waals surface area contributed by atoms with Gasteiger partial charge in [0.15, 0.2) is 0 Å². The topological polar surface area (TPSA) is 34.1 Å². The average Bonchev–Trinajstić information content (AvgIpc) is 2.59. The van der Waals surface area contributed by atoms with Crippen LogP contribution in [0.3, 0.4) is 0 Å². The van der Waals surface area contributed by atoms with E-state index in [1.165, 1.54) is 18.2 Å². The van der Waals surface area contributed by atoms with Crippen molar-refractivity contribution in [3.8, 4) is 11.8 Å². The van der Waals surface area contributed by atoms with Gasteiger partial charge in [-0.2, -0.15) is 0 Å². The lowest BCUT2D eigenvalue weighted by atomic mass is 10.0. The minimum Gasteiger partial charge on any atom is -0.276 e. The van der Waals surface area contributed by atoms with E-state index in [9.17, 15) is 9.59 Å². The fourth-order valence-electron chi connectivity index (χ4n) is 2.40. The van der Waals surface area contributed by atoms with Crippen LogP contribution >= 0.6 is 23.2 Å². The summed E-state index contributed by atoms with van der Waals surface area (Å²) >= 11 is 11.0. The number of benzene rings is 3. The van der Waals surface area contributed by atoms with Gasteiger partial charge in [-0.15, -0.1) is 0 Å². The fourth-order valence-corrected chi connectivity index (χ4v) is 2.62. The summed E-state index contributed by atoms with van der Waals surface area (Å²) < 4.78 is 0. The van der Waals surface area contributed by atoms with Crippen molar-refractivity contribution >= 4 is 44.5 Å². The maximum Gasteiger partial charge on any atom is 0.252 e. The molecule has 0 aromatic heterocycles. The predicted octanol–water partition coefficient (Wildman–Crippen LogP) is 5.00. The van der Waals surface area contributed by atoms with Gasteiger partial charge in [-0.05, 0) is 58.2 Å². The molecule has 0 N–H and O–H groups in total. The highest BCUT2D eigenvalue weighted by atomic mass is 35.5. The molecule has 0 aliphatic heterocycles. The summed E-state index contributed by atoms with van der Waals surface area (Å²) in [6.45, 7) is 0. The monoisotopic (exact) mass is 352 g/mol. The van der Waals surface area contributed by atoms with Crippen LogP contribution in [0.4, 0.5) is 0 Å². The molecule has 3 aromatic rings. The molecule has 2 nitrogen and oxygen atoms in total. The van der Waals surface area contributed by atoms with E-state index >= 15 is 0 Å². The van der Waals surface area contributed by atoms with Crippen LogP contribution in [0.2, 0.25) is 0 Å². The van der Waals surface area contributed by atoms with Crippen LogP contribution in [0.15, 0.2) is 60.7 Å². The largest absolute Gasteiger partial charge is 0.276 e. The van der Waals surface area contributed by atoms with E-state index in [-0.39, 0.29) is 11.1 Å². The lowest BCUT2D eigenvalue weighted by molar-refractivity contribution is 0.108. The molecule has 116 valence electrons. The second-order valence-corrected chi connectivity index (χ2v) is 5.81. The molecule has 0 aliphatic carbocycles. The third-order valence-corrected chi connectivity index (χ3v) is 3.95. The molecule has 0 fully saturated rings. The van der Waals surface area contributed by atoms with Gasteiger partial charge in [0.1, 0.15) is 0 Å². The Labute approximate surface area is 149 Å². The van der Waals surface area contributed by atoms with Gasteiger partial charge in [0.05, 0.1) is 0 Å². The number of hydrogen-bond acceptors (Lipinski definition) is 2. The minimum absolute atomic E-state index is 0.186. The zero-order valence-corrected chi connectivity index (χ0v) is 13.9. The van der Waals surface area contributed by atoms with E-state index in [1.54, 1.807) is 0 Å². The summed E-state index contributed by atoms with van der Waals surface area (Å²) in [5, 5.41) is 0.794. The van der Waals surface area contributed by atoms with E-state index in [2.05, 4.69) is 11.8 Å². The van der Waals surface area contributed by atoms with E-state index < -0.39 is 10.5 Å². The quantitative estimate of drug-likeness (QED) is 0.480. The van der Waals surface area contributed by atoms with Gasteiger partial charge in [-0.3, -0.25) is 9.59 Å². The van der Waals surface area contributed by atoms with Crippen LogP contribution in [0.1, 0.15) is 31.8 Å². The van der Waals surface area contributed by atoms with Crippen molar-refractivity contribution in [2.75, 3.05) is 0 Å². The predicted molar refractivity (Wildman–Crippen MR) is 96.7 cm³/mol. The van der Waals surface area contributed by atoms with Crippen molar-refractivity contribution in [1.82, 2.24) is 0 Å². The Balaban J connectivity index is 2.10. The van der Waals surface area contributed by atoms with Gasteiger partial charge in [0, 0.05) is 22.3 Å². The van der Waals surface area contributed by atoms with Crippen molar-refractivity contribution in [1.29, 1.82) is 0 Å². The van der Waals surface area contributed by atoms with Gasteiger partial charge >= 0.3 is 0 Å². The van der Waals surface area contributed by atoms with Crippen LogP contribution in [-0.4, -0.2) is 10.5 Å². The summed E-state index contributed by atoms with van der Waals surface area (Å²) in [4.78, 5) is 22.8. The smallest absolute Gasteiger partial charge is 0.252 e. The van der Waals surface area contributed by atoms with Gasteiger partial charge in [-0.25, -0.2) is 0 Å². The van der Waals surface area contributed by atoms with Crippen molar-refractivity contribution in [3.05, 3.63) is 82.9 Å². The standard InChI is InChI=1S/C20H10Cl2O2/c21-19(23)16-10-13(11-17(12-16)20(22)24)8-9-15-6-3-5-14-4-1-2-7-18(14)15/h1-7,10-12H. The zero-order chi connectivity index (χ0) is 17.1. The molecule has 3 rings (SSSR count). The Kier molecular flexibility index (Phi) is 4.66. The summed E-state index contributed by atoms with van der Waals surface area (Å²) in [5.74, 6) is 6.05. The Morgan fingerprint density at radius 2 is 1.38 bits per heavy atom. The average molecular weight is 353 g/mol. The van der Waals surface area contributed by atoms with Crippen LogP contribution in [-0.2, 0) is 0 Å². The normalized spacial score (nSPS) is 10.1. The van der Waals surface area contributed by atoms with E-state index in [4.69, 9.17) is 23.2 Å². The molecule has 0 unspecified atom stereocenters. The molecule has 0 aliphatic rings. The molecule has 0 atom stereocenters. The highest BCUT2D eigenvalue weighted by Crippen LogP contribution is 2.18. The molecule has 0 radical (unpaired) electrons. The highest BCUT2D eigenvalue weighted by Gasteiger charge is 2.09. The first-order valence-electron chi connectivity index (χ1n) is 7.09. The molecular weight excluding hydrogens is 343 g/mol. The lowest BCUT2D eigenvalue weighted by Crippen LogP contribution is -1.96. The van der Waals surface area contributed by atoms with Gasteiger partial charge in [0.25, 0.3) is 10.5 Å². The SMILES string of the molecule is O=C(Cl)c1cc(C#Cc2cccc3ccccc23)cc(C(=O)Cl)c1. The molecule has 0 saturated carbocycles. The fraction of sp³-hybridized carbons (Fsp3) is 0. The lowest BCUT2D eigenvalue weighted by Gasteiger charge is -2.01. The molecule has 0 saturated heterocycles. The van der Waals surface area contributed by atoms with Crippen molar-refractivity contribution in [2.45, 2.75) is 0 Å². The second kappa shape index (κ2) is 6.88. The van der Waals surface area contributed by atoms with E-state index in [1.807, 2.05) is 42.5 Å². The number of fused-ring (bicyclic) bond motifs is 1. The number of rotatable bonds is 2. The van der Waals surface area contributed by atoms with Crippen LogP contribution < -0.4 is 0 Å². The molecule has 0 amide bonds. The van der Waals surface area contributed by atoms with Crippen LogP contribution in [0.25, 0.3) is 10.8 Å². The first-order chi connectivity index (χ1) is 11.5. The molecule has 0 bridgehead atoms. The van der Waals surface area contributed by atoms with Gasteiger partial charge in [0.2, 0.25) is 0 Å².